The summed E-state index contributed by atoms with van der Waals surface area (Å²) in [5, 5.41) is 19.8. The van der Waals surface area contributed by atoms with Gasteiger partial charge >= 0.3 is 6.09 Å². The summed E-state index contributed by atoms with van der Waals surface area (Å²) in [6.07, 6.45) is -1.14. The van der Waals surface area contributed by atoms with E-state index in [0.29, 0.717) is 13.0 Å². The zero-order chi connectivity index (χ0) is 13.3. The van der Waals surface area contributed by atoms with Crippen LogP contribution in [0.4, 0.5) is 4.79 Å². The van der Waals surface area contributed by atoms with Crippen molar-refractivity contribution in [3.8, 4) is 0 Å². The molecular formula is C14H19NO3. The zero-order valence-electron chi connectivity index (χ0n) is 10.7. The minimum absolute atomic E-state index is 0.00787. The van der Waals surface area contributed by atoms with Gasteiger partial charge in [0.15, 0.2) is 0 Å². The number of carbonyl (C=O) groups is 1. The molecule has 18 heavy (non-hydrogen) atoms. The van der Waals surface area contributed by atoms with Gasteiger partial charge in [0.2, 0.25) is 0 Å². The maximum atomic E-state index is 11.5. The number of aliphatic hydroxyl groups is 1. The van der Waals surface area contributed by atoms with E-state index in [9.17, 15) is 15.0 Å². The third kappa shape index (κ3) is 1.68. The molecule has 0 saturated carbocycles. The Hall–Kier alpha value is -1.55. The molecule has 1 fully saturated rings. The number of likely N-dealkylation sites (tertiary alicyclic amines) is 1. The molecule has 1 aliphatic heterocycles. The molecule has 1 aromatic carbocycles. The Morgan fingerprint density at radius 2 is 2.00 bits per heavy atom. The van der Waals surface area contributed by atoms with Crippen LogP contribution in [-0.4, -0.2) is 33.9 Å². The smallest absolute Gasteiger partial charge is 0.408 e. The molecule has 1 saturated heterocycles. The number of amides is 1. The first kappa shape index (κ1) is 12.9. The molecule has 1 aromatic rings. The Labute approximate surface area is 107 Å². The third-order valence-electron chi connectivity index (χ3n) is 3.93. The predicted octanol–water partition coefficient (Wildman–Crippen LogP) is 2.28. The van der Waals surface area contributed by atoms with Gasteiger partial charge in [-0.05, 0) is 17.9 Å². The monoisotopic (exact) mass is 249 g/mol. The fourth-order valence-electron chi connectivity index (χ4n) is 3.17. The number of rotatable bonds is 2. The summed E-state index contributed by atoms with van der Waals surface area (Å²) in [6.45, 7) is 4.29. The minimum atomic E-state index is -0.968. The third-order valence-corrected chi connectivity index (χ3v) is 3.93. The molecule has 0 bridgehead atoms. The van der Waals surface area contributed by atoms with Crippen molar-refractivity contribution in [2.24, 2.45) is 5.92 Å². The van der Waals surface area contributed by atoms with E-state index in [2.05, 4.69) is 0 Å². The highest BCUT2D eigenvalue weighted by atomic mass is 16.4. The average molecular weight is 249 g/mol. The second-order valence-electron chi connectivity index (χ2n) is 5.08. The van der Waals surface area contributed by atoms with Crippen molar-refractivity contribution in [3.05, 3.63) is 35.9 Å². The van der Waals surface area contributed by atoms with Crippen LogP contribution >= 0.6 is 0 Å². The van der Waals surface area contributed by atoms with Crippen molar-refractivity contribution >= 4 is 6.09 Å². The van der Waals surface area contributed by atoms with Gasteiger partial charge in [0.05, 0.1) is 11.6 Å². The summed E-state index contributed by atoms with van der Waals surface area (Å²) in [5.74, 6) is 0.00787. The van der Waals surface area contributed by atoms with Crippen molar-refractivity contribution in [2.75, 3.05) is 6.54 Å². The Kier molecular flexibility index (Phi) is 3.30. The van der Waals surface area contributed by atoms with E-state index in [-0.39, 0.29) is 5.92 Å². The lowest BCUT2D eigenvalue weighted by molar-refractivity contribution is -0.00418. The quantitative estimate of drug-likeness (QED) is 0.845. The van der Waals surface area contributed by atoms with Gasteiger partial charge in [0.25, 0.3) is 0 Å². The van der Waals surface area contributed by atoms with Crippen LogP contribution < -0.4 is 0 Å². The summed E-state index contributed by atoms with van der Waals surface area (Å²) in [7, 11) is 0. The summed E-state index contributed by atoms with van der Waals surface area (Å²) in [5.41, 5.74) is 0.0417. The second kappa shape index (κ2) is 4.61. The van der Waals surface area contributed by atoms with Gasteiger partial charge < -0.3 is 10.2 Å². The van der Waals surface area contributed by atoms with E-state index in [0.717, 1.165) is 5.56 Å². The molecule has 2 N–H and O–H groups in total. The molecule has 2 rings (SSSR count). The largest absolute Gasteiger partial charge is 0.465 e. The first-order chi connectivity index (χ1) is 8.51. The van der Waals surface area contributed by atoms with Gasteiger partial charge in [-0.15, -0.1) is 0 Å². The summed E-state index contributed by atoms with van der Waals surface area (Å²) in [6, 6.07) is 9.44. The SMILES string of the molecule is CC(C)C1(c2ccccc2)C(O)CCN1C(=O)O. The fourth-order valence-corrected chi connectivity index (χ4v) is 3.17. The molecule has 4 nitrogen and oxygen atoms in total. The van der Waals surface area contributed by atoms with Crippen molar-refractivity contribution in [1.29, 1.82) is 0 Å². The molecule has 1 amide bonds. The predicted molar refractivity (Wildman–Crippen MR) is 68.3 cm³/mol. The molecule has 1 heterocycles. The zero-order valence-corrected chi connectivity index (χ0v) is 10.7. The summed E-state index contributed by atoms with van der Waals surface area (Å²) in [4.78, 5) is 12.8. The fraction of sp³-hybridized carbons (Fsp3) is 0.500. The summed E-state index contributed by atoms with van der Waals surface area (Å²) >= 11 is 0. The Morgan fingerprint density at radius 3 is 2.50 bits per heavy atom. The van der Waals surface area contributed by atoms with Crippen LogP contribution in [0.25, 0.3) is 0 Å². The van der Waals surface area contributed by atoms with E-state index < -0.39 is 17.7 Å². The van der Waals surface area contributed by atoms with Crippen molar-refractivity contribution < 1.29 is 15.0 Å². The highest BCUT2D eigenvalue weighted by molar-refractivity contribution is 5.67. The van der Waals surface area contributed by atoms with Gasteiger partial charge in [-0.2, -0.15) is 0 Å². The molecule has 0 aliphatic carbocycles. The van der Waals surface area contributed by atoms with Crippen LogP contribution in [0.1, 0.15) is 25.8 Å². The van der Waals surface area contributed by atoms with Gasteiger partial charge in [0, 0.05) is 6.54 Å². The molecular weight excluding hydrogens is 230 g/mol. The van der Waals surface area contributed by atoms with Crippen molar-refractivity contribution in [1.82, 2.24) is 4.90 Å². The average Bonchev–Trinajstić information content (AvgIpc) is 2.69. The number of nitrogens with zero attached hydrogens (tertiary/aromatic N) is 1. The molecule has 98 valence electrons. The van der Waals surface area contributed by atoms with Gasteiger partial charge in [-0.3, -0.25) is 4.90 Å². The normalized spacial score (nSPS) is 27.8. The van der Waals surface area contributed by atoms with Gasteiger partial charge in [-0.25, -0.2) is 4.79 Å². The number of benzene rings is 1. The van der Waals surface area contributed by atoms with E-state index in [1.165, 1.54) is 4.90 Å². The van der Waals surface area contributed by atoms with E-state index >= 15 is 0 Å². The van der Waals surface area contributed by atoms with Gasteiger partial charge in [0.1, 0.15) is 0 Å². The molecule has 0 radical (unpaired) electrons. The lowest BCUT2D eigenvalue weighted by Crippen LogP contribution is -2.53. The first-order valence-electron chi connectivity index (χ1n) is 6.25. The Balaban J connectivity index is 2.58. The number of hydrogen-bond donors (Lipinski definition) is 2. The topological polar surface area (TPSA) is 60.8 Å². The minimum Gasteiger partial charge on any atom is -0.465 e. The highest BCUT2D eigenvalue weighted by Gasteiger charge is 2.53. The maximum absolute atomic E-state index is 11.5. The van der Waals surface area contributed by atoms with Crippen molar-refractivity contribution in [3.63, 3.8) is 0 Å². The molecule has 2 unspecified atom stereocenters. The number of hydrogen-bond acceptors (Lipinski definition) is 2. The molecule has 4 heteroatoms. The number of carboxylic acid groups (broad SMARTS) is 1. The van der Waals surface area contributed by atoms with E-state index in [1.54, 1.807) is 0 Å². The molecule has 0 aromatic heterocycles. The first-order valence-corrected chi connectivity index (χ1v) is 6.25. The number of aliphatic hydroxyl groups excluding tert-OH is 1. The van der Waals surface area contributed by atoms with Crippen molar-refractivity contribution in [2.45, 2.75) is 31.9 Å². The molecule has 1 aliphatic rings. The van der Waals surface area contributed by atoms with Crippen LogP contribution in [0.15, 0.2) is 30.3 Å². The standard InChI is InChI=1S/C14H19NO3/c1-10(2)14(11-6-4-3-5-7-11)12(16)8-9-15(14)13(17)18/h3-7,10,12,16H,8-9H2,1-2H3,(H,17,18). The lowest BCUT2D eigenvalue weighted by Gasteiger charge is -2.43. The van der Waals surface area contributed by atoms with Crippen LogP contribution in [-0.2, 0) is 5.54 Å². The van der Waals surface area contributed by atoms with Crippen LogP contribution in [0.3, 0.4) is 0 Å². The van der Waals surface area contributed by atoms with E-state index in [1.807, 2.05) is 44.2 Å². The second-order valence-corrected chi connectivity index (χ2v) is 5.08. The Bertz CT molecular complexity index is 432. The Morgan fingerprint density at radius 1 is 1.39 bits per heavy atom. The van der Waals surface area contributed by atoms with Crippen LogP contribution in [0.5, 0.6) is 0 Å². The maximum Gasteiger partial charge on any atom is 0.408 e. The van der Waals surface area contributed by atoms with Gasteiger partial charge in [-0.1, -0.05) is 44.2 Å². The molecule has 0 spiro atoms. The van der Waals surface area contributed by atoms with Crippen LogP contribution in [0, 0.1) is 5.92 Å². The highest BCUT2D eigenvalue weighted by Crippen LogP contribution is 2.44. The summed E-state index contributed by atoms with van der Waals surface area (Å²) < 4.78 is 0. The van der Waals surface area contributed by atoms with Crippen LogP contribution in [0.2, 0.25) is 0 Å². The lowest BCUT2D eigenvalue weighted by atomic mass is 9.76. The van der Waals surface area contributed by atoms with E-state index in [4.69, 9.17) is 0 Å². The molecule has 2 atom stereocenters.